The Labute approximate surface area is 343 Å². The number of likely N-dealkylation sites (N-methyl/N-ethyl adjacent to an activating group) is 1. The Balaban J connectivity index is 1.28. The SMILES string of the molecule is C=C/C=C\C(=Cc1cc(C2=CC=CCN2C)cc(C2=NCC=C2)c1)n1c(/C=C\C=C)c(C)c2cc(-c3ccc(-c4ccccc4C)c(Cc4ccccc4)c3)ccc21. The van der Waals surface area contributed by atoms with Gasteiger partial charge in [-0.2, -0.15) is 0 Å². The highest BCUT2D eigenvalue weighted by atomic mass is 15.1. The number of benzene rings is 5. The summed E-state index contributed by atoms with van der Waals surface area (Å²) in [5, 5.41) is 1.20. The lowest BCUT2D eigenvalue weighted by Gasteiger charge is -2.24. The molecule has 3 heterocycles. The van der Waals surface area contributed by atoms with Crippen LogP contribution in [-0.4, -0.2) is 35.3 Å². The summed E-state index contributed by atoms with van der Waals surface area (Å²) < 4.78 is 2.37. The molecule has 6 aromatic rings. The lowest BCUT2D eigenvalue weighted by atomic mass is 9.89. The van der Waals surface area contributed by atoms with Crippen molar-refractivity contribution in [2.75, 3.05) is 20.1 Å². The van der Waals surface area contributed by atoms with Gasteiger partial charge in [-0.25, -0.2) is 0 Å². The van der Waals surface area contributed by atoms with E-state index in [-0.39, 0.29) is 0 Å². The molecule has 5 aromatic carbocycles. The molecule has 0 aliphatic carbocycles. The normalized spacial score (nSPS) is 14.2. The minimum absolute atomic E-state index is 0.712. The van der Waals surface area contributed by atoms with E-state index >= 15 is 0 Å². The van der Waals surface area contributed by atoms with Gasteiger partial charge in [0.2, 0.25) is 0 Å². The van der Waals surface area contributed by atoms with Gasteiger partial charge in [-0.3, -0.25) is 4.99 Å². The molecule has 0 radical (unpaired) electrons. The van der Waals surface area contributed by atoms with E-state index < -0.39 is 0 Å². The van der Waals surface area contributed by atoms with Gasteiger partial charge in [0.05, 0.1) is 17.8 Å². The van der Waals surface area contributed by atoms with Crippen LogP contribution in [0.4, 0.5) is 0 Å². The quantitative estimate of drug-likeness (QED) is 0.114. The summed E-state index contributed by atoms with van der Waals surface area (Å²) in [4.78, 5) is 7.09. The summed E-state index contributed by atoms with van der Waals surface area (Å²) in [6.45, 7) is 14.1. The van der Waals surface area contributed by atoms with Crippen LogP contribution < -0.4 is 0 Å². The third-order valence-corrected chi connectivity index (χ3v) is 11.1. The van der Waals surface area contributed by atoms with Gasteiger partial charge < -0.3 is 9.47 Å². The number of hydrogen-bond donors (Lipinski definition) is 0. The number of hydrogen-bond acceptors (Lipinski definition) is 2. The number of aryl methyl sites for hydroxylation is 2. The largest absolute Gasteiger partial charge is 0.370 e. The summed E-state index contributed by atoms with van der Waals surface area (Å²) in [6, 6.07) is 40.2. The van der Waals surface area contributed by atoms with Gasteiger partial charge in [-0.1, -0.05) is 135 Å². The van der Waals surface area contributed by atoms with Crippen LogP contribution in [0.2, 0.25) is 0 Å². The van der Waals surface area contributed by atoms with E-state index in [1.54, 1.807) is 0 Å². The second-order valence-corrected chi connectivity index (χ2v) is 15.0. The van der Waals surface area contributed by atoms with Crippen molar-refractivity contribution in [2.24, 2.45) is 4.99 Å². The molecular formula is C55H49N3. The van der Waals surface area contributed by atoms with Gasteiger partial charge in [0, 0.05) is 41.6 Å². The minimum Gasteiger partial charge on any atom is -0.370 e. The van der Waals surface area contributed by atoms with Gasteiger partial charge in [0.15, 0.2) is 0 Å². The van der Waals surface area contributed by atoms with Crippen molar-refractivity contribution in [3.63, 3.8) is 0 Å². The van der Waals surface area contributed by atoms with E-state index in [0.717, 1.165) is 52.3 Å². The molecule has 0 unspecified atom stereocenters. The van der Waals surface area contributed by atoms with E-state index in [2.05, 4.69) is 201 Å². The maximum Gasteiger partial charge on any atom is 0.0648 e. The molecule has 0 fully saturated rings. The fraction of sp³-hybridized carbons (Fsp3) is 0.109. The van der Waals surface area contributed by atoms with Crippen LogP contribution in [0.25, 0.3) is 56.7 Å². The van der Waals surface area contributed by atoms with Crippen LogP contribution in [0.15, 0.2) is 188 Å². The van der Waals surface area contributed by atoms with Crippen molar-refractivity contribution in [3.8, 4) is 22.3 Å². The molecule has 3 nitrogen and oxygen atoms in total. The Morgan fingerprint density at radius 3 is 2.31 bits per heavy atom. The Morgan fingerprint density at radius 1 is 0.759 bits per heavy atom. The average Bonchev–Trinajstić information content (AvgIpc) is 3.89. The first-order valence-electron chi connectivity index (χ1n) is 20.0. The molecule has 3 heteroatoms. The molecule has 0 spiro atoms. The number of fused-ring (bicyclic) bond motifs is 1. The number of aromatic nitrogens is 1. The van der Waals surface area contributed by atoms with Crippen molar-refractivity contribution in [1.29, 1.82) is 0 Å². The van der Waals surface area contributed by atoms with Crippen LogP contribution in [0.3, 0.4) is 0 Å². The summed E-state index contributed by atoms with van der Waals surface area (Å²) in [6.07, 6.45) is 25.9. The molecule has 8 rings (SSSR count). The van der Waals surface area contributed by atoms with Crippen LogP contribution >= 0.6 is 0 Å². The maximum absolute atomic E-state index is 4.80. The van der Waals surface area contributed by atoms with Crippen molar-refractivity contribution in [1.82, 2.24) is 9.47 Å². The number of aliphatic imine (C=N–C) groups is 1. The van der Waals surface area contributed by atoms with E-state index in [1.807, 2.05) is 24.3 Å². The summed E-state index contributed by atoms with van der Waals surface area (Å²) in [5.74, 6) is 0. The minimum atomic E-state index is 0.712. The Bertz CT molecular complexity index is 2760. The fourth-order valence-corrected chi connectivity index (χ4v) is 8.19. The zero-order chi connectivity index (χ0) is 40.0. The Kier molecular flexibility index (Phi) is 11.1. The topological polar surface area (TPSA) is 20.5 Å². The van der Waals surface area contributed by atoms with Crippen LogP contribution in [0.5, 0.6) is 0 Å². The highest BCUT2D eigenvalue weighted by Gasteiger charge is 2.18. The maximum atomic E-state index is 4.80. The highest BCUT2D eigenvalue weighted by molar-refractivity contribution is 6.10. The molecule has 2 aliphatic heterocycles. The van der Waals surface area contributed by atoms with Crippen molar-refractivity contribution >= 4 is 40.2 Å². The van der Waals surface area contributed by atoms with E-state index in [4.69, 9.17) is 4.99 Å². The summed E-state index contributed by atoms with van der Waals surface area (Å²) in [7, 11) is 2.15. The molecule has 284 valence electrons. The van der Waals surface area contributed by atoms with Gasteiger partial charge >= 0.3 is 0 Å². The summed E-state index contributed by atoms with van der Waals surface area (Å²) in [5.41, 5.74) is 18.9. The third kappa shape index (κ3) is 7.85. The van der Waals surface area contributed by atoms with Gasteiger partial charge in [-0.15, -0.1) is 0 Å². The molecule has 0 saturated heterocycles. The van der Waals surface area contributed by atoms with Crippen LogP contribution in [-0.2, 0) is 6.42 Å². The molecule has 2 aliphatic rings. The monoisotopic (exact) mass is 751 g/mol. The molecule has 0 saturated carbocycles. The molecule has 0 bridgehead atoms. The third-order valence-electron chi connectivity index (χ3n) is 11.1. The number of nitrogens with zero attached hydrogens (tertiary/aromatic N) is 3. The first kappa shape index (κ1) is 37.9. The predicted octanol–water partition coefficient (Wildman–Crippen LogP) is 13.3. The van der Waals surface area contributed by atoms with Gasteiger partial charge in [0.25, 0.3) is 0 Å². The first-order chi connectivity index (χ1) is 28.4. The molecule has 0 N–H and O–H groups in total. The van der Waals surface area contributed by atoms with E-state index in [1.165, 1.54) is 55.6 Å². The first-order valence-corrected chi connectivity index (χ1v) is 20.0. The fourth-order valence-electron chi connectivity index (χ4n) is 8.19. The van der Waals surface area contributed by atoms with Gasteiger partial charge in [-0.05, 0) is 137 Å². The second kappa shape index (κ2) is 17.0. The lowest BCUT2D eigenvalue weighted by molar-refractivity contribution is 0.531. The molecule has 1 aromatic heterocycles. The highest BCUT2D eigenvalue weighted by Crippen LogP contribution is 2.37. The number of rotatable bonds is 12. The Morgan fingerprint density at radius 2 is 1.53 bits per heavy atom. The van der Waals surface area contributed by atoms with Crippen molar-refractivity contribution in [3.05, 3.63) is 228 Å². The Hall–Kier alpha value is -6.97. The lowest BCUT2D eigenvalue weighted by Crippen LogP contribution is -2.19. The van der Waals surface area contributed by atoms with E-state index in [9.17, 15) is 0 Å². The van der Waals surface area contributed by atoms with Gasteiger partial charge in [0.1, 0.15) is 0 Å². The average molecular weight is 752 g/mol. The standard InChI is InChI=1S/C55H49N3/c1-6-8-21-48(35-42-33-46(52-23-17-30-56-52)37-47(34-42)54-25-15-16-31-57(54)5)58-53(24-9-7-2)40(4)51-38-44(27-29-55(51)58)43-26-28-50(49-22-14-13-18-39(49)3)45(36-43)32-41-19-11-10-12-20-41/h6-29,33-38H,1-2,30-32H2,3-5H3/b21-8-,24-9-,48-35?. The zero-order valence-electron chi connectivity index (χ0n) is 33.7. The smallest absolute Gasteiger partial charge is 0.0648 e. The molecular weight excluding hydrogens is 703 g/mol. The van der Waals surface area contributed by atoms with Crippen LogP contribution in [0.1, 0.15) is 44.6 Å². The summed E-state index contributed by atoms with van der Waals surface area (Å²) >= 11 is 0. The molecule has 0 amide bonds. The predicted molar refractivity (Wildman–Crippen MR) is 251 cm³/mol. The number of allylic oxidation sites excluding steroid dienone is 9. The van der Waals surface area contributed by atoms with Crippen molar-refractivity contribution < 1.29 is 0 Å². The zero-order valence-corrected chi connectivity index (χ0v) is 33.7. The second-order valence-electron chi connectivity index (χ2n) is 15.0. The molecule has 58 heavy (non-hydrogen) atoms. The van der Waals surface area contributed by atoms with E-state index in [0.29, 0.717) is 6.54 Å². The van der Waals surface area contributed by atoms with Crippen molar-refractivity contribution in [2.45, 2.75) is 20.3 Å². The molecule has 0 atom stereocenters. The van der Waals surface area contributed by atoms with Crippen LogP contribution in [0, 0.1) is 13.8 Å².